The van der Waals surface area contributed by atoms with E-state index in [1.165, 1.54) is 6.07 Å². The van der Waals surface area contributed by atoms with Gasteiger partial charge in [0.2, 0.25) is 0 Å². The van der Waals surface area contributed by atoms with Gasteiger partial charge in [0.15, 0.2) is 5.69 Å². The highest BCUT2D eigenvalue weighted by Crippen LogP contribution is 2.25. The van der Waals surface area contributed by atoms with Gasteiger partial charge in [-0.05, 0) is 23.8 Å². The number of nitrogens with zero attached hydrogens (tertiary/aromatic N) is 1. The maximum absolute atomic E-state index is 10.9. The Hall–Kier alpha value is -1.56. The number of carboxylic acids is 2. The molecule has 1 aliphatic rings. The fourth-order valence-electron chi connectivity index (χ4n) is 1.61. The van der Waals surface area contributed by atoms with E-state index < -0.39 is 11.9 Å². The first-order valence-corrected chi connectivity index (χ1v) is 5.82. The third-order valence-corrected chi connectivity index (χ3v) is 3.37. The molecule has 0 spiro atoms. The Morgan fingerprint density at radius 3 is 2.69 bits per heavy atom. The van der Waals surface area contributed by atoms with E-state index in [9.17, 15) is 9.59 Å². The summed E-state index contributed by atoms with van der Waals surface area (Å²) in [5, 5.41) is 17.8. The van der Waals surface area contributed by atoms with Crippen LogP contribution in [0.3, 0.4) is 0 Å². The van der Waals surface area contributed by atoms with Gasteiger partial charge in [-0.2, -0.15) is 11.8 Å². The van der Waals surface area contributed by atoms with Gasteiger partial charge in [-0.15, -0.1) is 0 Å². The molecule has 0 saturated carbocycles. The molecule has 0 fully saturated rings. The van der Waals surface area contributed by atoms with E-state index in [4.69, 9.17) is 10.2 Å². The molecule has 1 aromatic heterocycles. The topological polar surface area (TPSA) is 87.5 Å². The Balaban J connectivity index is 2.59. The van der Waals surface area contributed by atoms with Gasteiger partial charge in [0.05, 0.1) is 5.56 Å². The fourth-order valence-corrected chi connectivity index (χ4v) is 2.56. The lowest BCUT2D eigenvalue weighted by atomic mass is 10.1. The second kappa shape index (κ2) is 4.13. The lowest BCUT2D eigenvalue weighted by molar-refractivity contribution is 0.0646. The molecular weight excluding hydrogens is 230 g/mol. The highest BCUT2D eigenvalue weighted by Gasteiger charge is 2.22. The summed E-state index contributed by atoms with van der Waals surface area (Å²) >= 11 is 1.69. The third-order valence-electron chi connectivity index (χ3n) is 2.36. The van der Waals surface area contributed by atoms with Crippen LogP contribution in [0, 0.1) is 0 Å². The minimum atomic E-state index is -1.29. The van der Waals surface area contributed by atoms with Crippen LogP contribution >= 0.6 is 11.8 Å². The summed E-state index contributed by atoms with van der Waals surface area (Å²) in [5.41, 5.74) is 0.951. The molecule has 0 amide bonds. The summed E-state index contributed by atoms with van der Waals surface area (Å²) in [6.45, 7) is 0. The average molecular weight is 239 g/mol. The predicted molar refractivity (Wildman–Crippen MR) is 58.0 cm³/mol. The molecular formula is C10H9NO4S. The first-order chi connectivity index (χ1) is 7.59. The van der Waals surface area contributed by atoms with E-state index in [1.807, 2.05) is 0 Å². The number of rotatable bonds is 2. The number of fused-ring (bicyclic) bond motifs is 1. The van der Waals surface area contributed by atoms with E-state index >= 15 is 0 Å². The van der Waals surface area contributed by atoms with Crippen molar-refractivity contribution in [3.05, 3.63) is 28.6 Å². The van der Waals surface area contributed by atoms with Crippen molar-refractivity contribution < 1.29 is 19.8 Å². The molecule has 1 aliphatic heterocycles. The van der Waals surface area contributed by atoms with Crippen LogP contribution in [0.15, 0.2) is 6.07 Å². The van der Waals surface area contributed by atoms with Crippen LogP contribution < -0.4 is 0 Å². The van der Waals surface area contributed by atoms with E-state index in [0.29, 0.717) is 17.9 Å². The highest BCUT2D eigenvalue weighted by molar-refractivity contribution is 7.98. The van der Waals surface area contributed by atoms with Gasteiger partial charge in [-0.3, -0.25) is 0 Å². The molecule has 2 rings (SSSR count). The second-order valence-corrected chi connectivity index (χ2v) is 4.51. The monoisotopic (exact) mass is 239 g/mol. The lowest BCUT2D eigenvalue weighted by Gasteiger charge is -2.15. The summed E-state index contributed by atoms with van der Waals surface area (Å²) in [6, 6.07) is 1.43. The summed E-state index contributed by atoms with van der Waals surface area (Å²) in [5.74, 6) is -0.949. The molecule has 0 unspecified atom stereocenters. The van der Waals surface area contributed by atoms with Crippen molar-refractivity contribution in [2.24, 2.45) is 0 Å². The molecule has 1 aromatic rings. The van der Waals surface area contributed by atoms with Crippen molar-refractivity contribution >= 4 is 23.7 Å². The molecule has 6 heteroatoms. The van der Waals surface area contributed by atoms with Crippen molar-refractivity contribution in [2.75, 3.05) is 5.75 Å². The van der Waals surface area contributed by atoms with Gasteiger partial charge in [0.25, 0.3) is 0 Å². The van der Waals surface area contributed by atoms with Crippen LogP contribution in [-0.4, -0.2) is 32.9 Å². The summed E-state index contributed by atoms with van der Waals surface area (Å²) < 4.78 is 0. The van der Waals surface area contributed by atoms with Gasteiger partial charge in [0.1, 0.15) is 0 Å². The molecule has 2 N–H and O–H groups in total. The number of hydrogen-bond donors (Lipinski definition) is 2. The normalized spacial score (nSPS) is 14.2. The molecule has 16 heavy (non-hydrogen) atoms. The van der Waals surface area contributed by atoms with Gasteiger partial charge >= 0.3 is 11.9 Å². The molecule has 0 saturated heterocycles. The van der Waals surface area contributed by atoms with Crippen molar-refractivity contribution in [3.8, 4) is 0 Å². The first kappa shape index (κ1) is 10.9. The standard InChI is InChI=1S/C10H9NO4S/c12-9(13)6-3-5-4-16-2-1-7(5)11-8(6)10(14)15/h3H,1-2,4H2,(H,12,13)(H,14,15). The minimum absolute atomic E-state index is 0.228. The molecule has 0 aliphatic carbocycles. The van der Waals surface area contributed by atoms with Crippen LogP contribution in [0.25, 0.3) is 0 Å². The molecule has 0 radical (unpaired) electrons. The van der Waals surface area contributed by atoms with E-state index in [1.54, 1.807) is 11.8 Å². The maximum atomic E-state index is 10.9. The molecule has 2 heterocycles. The molecule has 0 atom stereocenters. The van der Waals surface area contributed by atoms with Gasteiger partial charge in [-0.25, -0.2) is 14.6 Å². The van der Waals surface area contributed by atoms with Crippen molar-refractivity contribution in [1.29, 1.82) is 0 Å². The van der Waals surface area contributed by atoms with Crippen LogP contribution in [-0.2, 0) is 12.2 Å². The molecule has 0 aromatic carbocycles. The first-order valence-electron chi connectivity index (χ1n) is 4.66. The average Bonchev–Trinajstić information content (AvgIpc) is 2.27. The van der Waals surface area contributed by atoms with E-state index in [2.05, 4.69) is 4.98 Å². The quantitative estimate of drug-likeness (QED) is 0.808. The number of aryl methyl sites for hydroxylation is 1. The Kier molecular flexibility index (Phi) is 2.82. The predicted octanol–water partition coefficient (Wildman–Crippen LogP) is 1.27. The SMILES string of the molecule is O=C(O)c1cc2c(nc1C(=O)O)CCSC2. The third kappa shape index (κ3) is 1.88. The lowest BCUT2D eigenvalue weighted by Crippen LogP contribution is -2.16. The minimum Gasteiger partial charge on any atom is -0.478 e. The van der Waals surface area contributed by atoms with E-state index in [-0.39, 0.29) is 11.3 Å². The number of hydrogen-bond acceptors (Lipinski definition) is 4. The number of carboxylic acid groups (broad SMARTS) is 2. The fraction of sp³-hybridized carbons (Fsp3) is 0.300. The highest BCUT2D eigenvalue weighted by atomic mass is 32.2. The van der Waals surface area contributed by atoms with Crippen molar-refractivity contribution in [3.63, 3.8) is 0 Å². The van der Waals surface area contributed by atoms with Crippen LogP contribution in [0.2, 0.25) is 0 Å². The number of pyridine rings is 1. The van der Waals surface area contributed by atoms with Gasteiger partial charge < -0.3 is 10.2 Å². The smallest absolute Gasteiger partial charge is 0.355 e. The Labute approximate surface area is 95.5 Å². The Morgan fingerprint density at radius 2 is 2.06 bits per heavy atom. The maximum Gasteiger partial charge on any atom is 0.355 e. The van der Waals surface area contributed by atoms with Crippen LogP contribution in [0.4, 0.5) is 0 Å². The van der Waals surface area contributed by atoms with Crippen LogP contribution in [0.5, 0.6) is 0 Å². The zero-order valence-electron chi connectivity index (χ0n) is 8.27. The Morgan fingerprint density at radius 1 is 1.31 bits per heavy atom. The summed E-state index contributed by atoms with van der Waals surface area (Å²) in [7, 11) is 0. The number of carbonyl (C=O) groups is 2. The van der Waals surface area contributed by atoms with E-state index in [0.717, 1.165) is 11.3 Å². The van der Waals surface area contributed by atoms with Crippen LogP contribution in [0.1, 0.15) is 32.1 Å². The van der Waals surface area contributed by atoms with Gasteiger partial charge in [-0.1, -0.05) is 0 Å². The zero-order valence-corrected chi connectivity index (χ0v) is 9.08. The van der Waals surface area contributed by atoms with Gasteiger partial charge in [0, 0.05) is 11.4 Å². The second-order valence-electron chi connectivity index (χ2n) is 3.40. The number of aromatic nitrogens is 1. The Bertz CT molecular complexity index is 429. The molecule has 0 bridgehead atoms. The van der Waals surface area contributed by atoms with Crippen molar-refractivity contribution in [2.45, 2.75) is 12.2 Å². The molecule has 84 valence electrons. The number of aromatic carboxylic acids is 2. The van der Waals surface area contributed by atoms with Crippen molar-refractivity contribution in [1.82, 2.24) is 4.98 Å². The summed E-state index contributed by atoms with van der Waals surface area (Å²) in [6.07, 6.45) is 0.695. The largest absolute Gasteiger partial charge is 0.478 e. The zero-order chi connectivity index (χ0) is 11.7. The number of thioether (sulfide) groups is 1. The summed E-state index contributed by atoms with van der Waals surface area (Å²) in [4.78, 5) is 25.7. The molecule has 5 nitrogen and oxygen atoms in total.